The van der Waals surface area contributed by atoms with Crippen molar-refractivity contribution >= 4 is 17.2 Å². The van der Waals surface area contributed by atoms with E-state index in [2.05, 4.69) is 15.6 Å². The highest BCUT2D eigenvalue weighted by molar-refractivity contribution is 7.09. The Morgan fingerprint density at radius 3 is 2.83 bits per heavy atom. The van der Waals surface area contributed by atoms with Gasteiger partial charge in [-0.2, -0.15) is 0 Å². The molecule has 1 heterocycles. The molecule has 1 amide bonds. The number of hydrogen-bond acceptors (Lipinski definition) is 6. The van der Waals surface area contributed by atoms with Crippen molar-refractivity contribution in [3.8, 4) is 5.75 Å². The van der Waals surface area contributed by atoms with Gasteiger partial charge in [-0.25, -0.2) is 4.98 Å². The second-order valence-electron chi connectivity index (χ2n) is 5.14. The number of nitrogens with zero attached hydrogens (tertiary/aromatic N) is 1. The second-order valence-corrected chi connectivity index (χ2v) is 6.20. The molecule has 7 heteroatoms. The largest absolute Gasteiger partial charge is 0.486 e. The van der Waals surface area contributed by atoms with E-state index in [1.54, 1.807) is 30.6 Å². The molecule has 0 bridgehead atoms. The van der Waals surface area contributed by atoms with Gasteiger partial charge in [-0.1, -0.05) is 12.1 Å². The topological polar surface area (TPSA) is 72.5 Å². The summed E-state index contributed by atoms with van der Waals surface area (Å²) >= 11 is 1.58. The van der Waals surface area contributed by atoms with Gasteiger partial charge in [0.2, 0.25) is 0 Å². The first-order valence-electron chi connectivity index (χ1n) is 7.81. The molecule has 2 aromatic rings. The van der Waals surface area contributed by atoms with Crippen LogP contribution < -0.4 is 15.4 Å². The zero-order valence-corrected chi connectivity index (χ0v) is 14.8. The lowest BCUT2D eigenvalue weighted by Gasteiger charge is -2.11. The maximum atomic E-state index is 12.3. The van der Waals surface area contributed by atoms with E-state index in [4.69, 9.17) is 9.47 Å². The van der Waals surface area contributed by atoms with E-state index in [1.807, 2.05) is 24.4 Å². The summed E-state index contributed by atoms with van der Waals surface area (Å²) < 4.78 is 10.7. The summed E-state index contributed by atoms with van der Waals surface area (Å²) in [7, 11) is 1.66. The van der Waals surface area contributed by atoms with Gasteiger partial charge in [-0.15, -0.1) is 11.3 Å². The van der Waals surface area contributed by atoms with Gasteiger partial charge in [0.15, 0.2) is 0 Å². The molecule has 0 aliphatic carbocycles. The van der Waals surface area contributed by atoms with E-state index >= 15 is 0 Å². The Hall–Kier alpha value is -1.96. The molecular weight excluding hydrogens is 326 g/mol. The van der Waals surface area contributed by atoms with Crippen molar-refractivity contribution in [1.82, 2.24) is 15.6 Å². The smallest absolute Gasteiger partial charge is 0.255 e. The molecule has 1 aromatic carbocycles. The lowest BCUT2D eigenvalue weighted by atomic mass is 10.2. The van der Waals surface area contributed by atoms with Gasteiger partial charge in [-0.05, 0) is 19.1 Å². The average Bonchev–Trinajstić information content (AvgIpc) is 3.01. The number of methoxy groups -OCH3 is 1. The molecule has 0 saturated heterocycles. The minimum absolute atomic E-state index is 0.145. The standard InChI is InChI=1S/C17H23N3O3S/c1-13-20-14(12-24-13)11-23-16-6-4-3-5-15(16)17(21)19-8-7-18-9-10-22-2/h3-6,12,18H,7-11H2,1-2H3,(H,19,21). The van der Waals surface area contributed by atoms with Gasteiger partial charge in [0.25, 0.3) is 5.91 Å². The Kier molecular flexibility index (Phi) is 7.67. The first-order chi connectivity index (χ1) is 11.7. The fraction of sp³-hybridized carbons (Fsp3) is 0.412. The van der Waals surface area contributed by atoms with Crippen LogP contribution in [0.2, 0.25) is 0 Å². The van der Waals surface area contributed by atoms with Crippen LogP contribution in [0.1, 0.15) is 21.1 Å². The fourth-order valence-electron chi connectivity index (χ4n) is 2.07. The second kappa shape index (κ2) is 10.0. The molecule has 0 aliphatic heterocycles. The molecule has 0 saturated carbocycles. The highest BCUT2D eigenvalue weighted by atomic mass is 32.1. The average molecular weight is 349 g/mol. The van der Waals surface area contributed by atoms with E-state index in [9.17, 15) is 4.79 Å². The van der Waals surface area contributed by atoms with Crippen LogP contribution in [-0.4, -0.2) is 44.2 Å². The SMILES string of the molecule is COCCNCCNC(=O)c1ccccc1OCc1csc(C)n1. The van der Waals surface area contributed by atoms with Crippen LogP contribution in [0.3, 0.4) is 0 Å². The summed E-state index contributed by atoms with van der Waals surface area (Å²) in [5.41, 5.74) is 1.40. The van der Waals surface area contributed by atoms with Crippen molar-refractivity contribution in [2.45, 2.75) is 13.5 Å². The normalized spacial score (nSPS) is 10.6. The molecule has 0 radical (unpaired) electrons. The van der Waals surface area contributed by atoms with Gasteiger partial charge in [0, 0.05) is 32.1 Å². The number of nitrogens with one attached hydrogen (secondary N) is 2. The van der Waals surface area contributed by atoms with Crippen LogP contribution in [0.15, 0.2) is 29.6 Å². The Labute approximate surface area is 146 Å². The summed E-state index contributed by atoms with van der Waals surface area (Å²) in [5, 5.41) is 9.02. The zero-order valence-electron chi connectivity index (χ0n) is 14.0. The number of aryl methyl sites for hydroxylation is 1. The quantitative estimate of drug-likeness (QED) is 0.642. The first-order valence-corrected chi connectivity index (χ1v) is 8.69. The number of benzene rings is 1. The van der Waals surface area contributed by atoms with Gasteiger partial charge < -0.3 is 20.1 Å². The molecular formula is C17H23N3O3S. The van der Waals surface area contributed by atoms with Crippen LogP contribution in [0, 0.1) is 6.92 Å². The lowest BCUT2D eigenvalue weighted by molar-refractivity contribution is 0.0949. The first kappa shape index (κ1) is 18.4. The Morgan fingerprint density at radius 2 is 2.08 bits per heavy atom. The van der Waals surface area contributed by atoms with Crippen molar-refractivity contribution in [2.24, 2.45) is 0 Å². The Balaban J connectivity index is 1.84. The summed E-state index contributed by atoms with van der Waals surface area (Å²) in [6, 6.07) is 7.23. The number of aromatic nitrogens is 1. The summed E-state index contributed by atoms with van der Waals surface area (Å²) in [4.78, 5) is 16.7. The monoisotopic (exact) mass is 349 g/mol. The molecule has 1 aromatic heterocycles. The third-order valence-electron chi connectivity index (χ3n) is 3.24. The molecule has 0 fully saturated rings. The third-order valence-corrected chi connectivity index (χ3v) is 4.07. The number of thiazole rings is 1. The molecule has 2 rings (SSSR count). The van der Waals surface area contributed by atoms with E-state index in [0.717, 1.165) is 17.2 Å². The number of carbonyl (C=O) groups is 1. The molecule has 0 spiro atoms. The van der Waals surface area contributed by atoms with Crippen LogP contribution in [0.4, 0.5) is 0 Å². The van der Waals surface area contributed by atoms with Crippen LogP contribution in [0.5, 0.6) is 5.75 Å². The predicted octanol–water partition coefficient (Wildman–Crippen LogP) is 2.00. The van der Waals surface area contributed by atoms with Crippen LogP contribution in [0.25, 0.3) is 0 Å². The van der Waals surface area contributed by atoms with Crippen molar-refractivity contribution in [1.29, 1.82) is 0 Å². The van der Waals surface area contributed by atoms with E-state index in [-0.39, 0.29) is 5.91 Å². The predicted molar refractivity (Wildman–Crippen MR) is 94.7 cm³/mol. The Morgan fingerprint density at radius 1 is 1.25 bits per heavy atom. The molecule has 130 valence electrons. The van der Waals surface area contributed by atoms with Crippen molar-refractivity contribution in [3.05, 3.63) is 45.9 Å². The third kappa shape index (κ3) is 5.92. The molecule has 6 nitrogen and oxygen atoms in total. The summed E-state index contributed by atoms with van der Waals surface area (Å²) in [6.07, 6.45) is 0. The highest BCUT2D eigenvalue weighted by Crippen LogP contribution is 2.19. The van der Waals surface area contributed by atoms with Gasteiger partial charge in [0.1, 0.15) is 12.4 Å². The molecule has 0 unspecified atom stereocenters. The number of para-hydroxylation sites is 1. The van der Waals surface area contributed by atoms with E-state index in [0.29, 0.717) is 37.6 Å². The zero-order chi connectivity index (χ0) is 17.2. The minimum Gasteiger partial charge on any atom is -0.486 e. The number of amides is 1. The maximum absolute atomic E-state index is 12.3. The fourth-order valence-corrected chi connectivity index (χ4v) is 2.66. The van der Waals surface area contributed by atoms with Crippen molar-refractivity contribution in [3.63, 3.8) is 0 Å². The number of rotatable bonds is 10. The van der Waals surface area contributed by atoms with Crippen LogP contribution >= 0.6 is 11.3 Å². The Bertz CT molecular complexity index is 646. The van der Waals surface area contributed by atoms with Crippen molar-refractivity contribution < 1.29 is 14.3 Å². The highest BCUT2D eigenvalue weighted by Gasteiger charge is 2.12. The summed E-state index contributed by atoms with van der Waals surface area (Å²) in [5.74, 6) is 0.418. The number of carbonyl (C=O) groups excluding carboxylic acids is 1. The number of ether oxygens (including phenoxy) is 2. The minimum atomic E-state index is -0.145. The van der Waals surface area contributed by atoms with Gasteiger partial charge >= 0.3 is 0 Å². The molecule has 0 atom stereocenters. The molecule has 2 N–H and O–H groups in total. The van der Waals surface area contributed by atoms with Crippen molar-refractivity contribution in [2.75, 3.05) is 33.4 Å². The maximum Gasteiger partial charge on any atom is 0.255 e. The summed E-state index contributed by atoms with van der Waals surface area (Å²) in [6.45, 7) is 4.96. The lowest BCUT2D eigenvalue weighted by Crippen LogP contribution is -2.33. The number of hydrogen-bond donors (Lipinski definition) is 2. The van der Waals surface area contributed by atoms with Crippen LogP contribution in [-0.2, 0) is 11.3 Å². The van der Waals surface area contributed by atoms with E-state index < -0.39 is 0 Å². The van der Waals surface area contributed by atoms with Gasteiger partial charge in [0.05, 0.1) is 22.9 Å². The molecule has 0 aliphatic rings. The van der Waals surface area contributed by atoms with E-state index in [1.165, 1.54) is 0 Å². The molecule has 24 heavy (non-hydrogen) atoms. The van der Waals surface area contributed by atoms with Gasteiger partial charge in [-0.3, -0.25) is 4.79 Å².